The van der Waals surface area contributed by atoms with Crippen molar-refractivity contribution in [2.24, 2.45) is 0 Å². The molecule has 2 aromatic rings. The van der Waals surface area contributed by atoms with Crippen molar-refractivity contribution in [3.05, 3.63) is 38.2 Å². The average Bonchev–Trinajstić information content (AvgIpc) is 3.17. The number of nitrogens with zero attached hydrogens (tertiary/aromatic N) is 2. The summed E-state index contributed by atoms with van der Waals surface area (Å²) in [4.78, 5) is 44.6. The molecule has 2 aromatic heterocycles. The van der Waals surface area contributed by atoms with Crippen LogP contribution >= 0.6 is 0 Å². The van der Waals surface area contributed by atoms with Crippen LogP contribution in [0.2, 0.25) is 0 Å². The fraction of sp³-hybridized carbons (Fsp3) is 0.600. The highest BCUT2D eigenvalue weighted by atomic mass is 16.5. The molecule has 3 heterocycles. The molecule has 0 aliphatic carbocycles. The number of ether oxygens (including phenoxy) is 1. The van der Waals surface area contributed by atoms with Crippen LogP contribution in [-0.2, 0) is 11.3 Å². The van der Waals surface area contributed by atoms with Crippen LogP contribution in [0.4, 0.5) is 0 Å². The zero-order valence-corrected chi connectivity index (χ0v) is 16.7. The minimum absolute atomic E-state index is 0.0484. The molecule has 0 aromatic carbocycles. The minimum atomic E-state index is -0.584. The molecule has 152 valence electrons. The van der Waals surface area contributed by atoms with Gasteiger partial charge in [-0.3, -0.25) is 19.1 Å². The molecule has 2 N–H and O–H groups in total. The van der Waals surface area contributed by atoms with Crippen molar-refractivity contribution in [1.29, 1.82) is 0 Å². The van der Waals surface area contributed by atoms with E-state index in [4.69, 9.17) is 4.74 Å². The quantitative estimate of drug-likeness (QED) is 0.754. The van der Waals surface area contributed by atoms with Crippen LogP contribution in [-0.4, -0.2) is 39.7 Å². The van der Waals surface area contributed by atoms with Gasteiger partial charge in [-0.05, 0) is 37.7 Å². The molecule has 3 rings (SSSR count). The molecule has 0 spiro atoms. The normalized spacial score (nSPS) is 16.8. The Morgan fingerprint density at radius 3 is 2.86 bits per heavy atom. The summed E-state index contributed by atoms with van der Waals surface area (Å²) in [6.07, 6.45) is 3.68. The second-order valence-electron chi connectivity index (χ2n) is 7.54. The van der Waals surface area contributed by atoms with E-state index in [0.29, 0.717) is 25.2 Å². The summed E-state index contributed by atoms with van der Waals surface area (Å²) in [5.41, 5.74) is 0.113. The van der Waals surface area contributed by atoms with Gasteiger partial charge >= 0.3 is 5.69 Å². The molecule has 1 saturated heterocycles. The zero-order valence-electron chi connectivity index (χ0n) is 16.7. The predicted octanol–water partition coefficient (Wildman–Crippen LogP) is 1.92. The number of pyridine rings is 1. The lowest BCUT2D eigenvalue weighted by molar-refractivity contribution is 0.0908. The number of fused-ring (bicyclic) bond motifs is 1. The Hall–Kier alpha value is -2.48. The van der Waals surface area contributed by atoms with E-state index in [1.54, 1.807) is 6.07 Å². The average molecular weight is 388 g/mol. The van der Waals surface area contributed by atoms with Gasteiger partial charge in [-0.2, -0.15) is 0 Å². The van der Waals surface area contributed by atoms with E-state index < -0.39 is 11.2 Å². The number of aromatic amines is 1. The molecule has 0 radical (unpaired) electrons. The highest BCUT2D eigenvalue weighted by Crippen LogP contribution is 2.20. The number of rotatable bonds is 7. The van der Waals surface area contributed by atoms with Gasteiger partial charge in [0.25, 0.3) is 11.5 Å². The highest BCUT2D eigenvalue weighted by molar-refractivity contribution is 6.05. The molecule has 1 amide bonds. The van der Waals surface area contributed by atoms with E-state index in [2.05, 4.69) is 15.3 Å². The lowest BCUT2D eigenvalue weighted by Crippen LogP contribution is -2.34. The van der Waals surface area contributed by atoms with Crippen LogP contribution in [0.3, 0.4) is 0 Å². The molecule has 1 atom stereocenters. The molecule has 1 fully saturated rings. The highest BCUT2D eigenvalue weighted by Gasteiger charge is 2.21. The lowest BCUT2D eigenvalue weighted by Gasteiger charge is -2.15. The Bertz CT molecular complexity index is 971. The Balaban J connectivity index is 2.01. The number of nitrogens with one attached hydrogen (secondary N) is 2. The first kappa shape index (κ1) is 20.3. The summed E-state index contributed by atoms with van der Waals surface area (Å²) in [6, 6.07) is 1.66. The van der Waals surface area contributed by atoms with Crippen molar-refractivity contribution in [2.45, 2.75) is 65.0 Å². The number of aryl methyl sites for hydroxylation is 1. The van der Waals surface area contributed by atoms with E-state index in [9.17, 15) is 14.4 Å². The van der Waals surface area contributed by atoms with Gasteiger partial charge in [0.05, 0.1) is 17.1 Å². The third kappa shape index (κ3) is 4.16. The van der Waals surface area contributed by atoms with Gasteiger partial charge in [-0.25, -0.2) is 9.78 Å². The molecule has 0 saturated carbocycles. The van der Waals surface area contributed by atoms with Gasteiger partial charge in [0.1, 0.15) is 0 Å². The molecule has 28 heavy (non-hydrogen) atoms. The molecule has 1 aliphatic rings. The lowest BCUT2D eigenvalue weighted by atomic mass is 10.0. The molecular formula is C20H28N4O4. The van der Waals surface area contributed by atoms with Crippen molar-refractivity contribution in [3.8, 4) is 0 Å². The van der Waals surface area contributed by atoms with Crippen molar-refractivity contribution in [3.63, 3.8) is 0 Å². The number of carbonyl (C=O) groups is 1. The number of H-pyrrole nitrogens is 1. The number of hydrogen-bond donors (Lipinski definition) is 2. The fourth-order valence-corrected chi connectivity index (χ4v) is 3.51. The Morgan fingerprint density at radius 2 is 2.21 bits per heavy atom. The maximum atomic E-state index is 12.9. The van der Waals surface area contributed by atoms with Crippen LogP contribution in [0, 0.1) is 0 Å². The molecule has 1 unspecified atom stereocenters. The smallest absolute Gasteiger partial charge is 0.329 e. The van der Waals surface area contributed by atoms with Crippen molar-refractivity contribution in [1.82, 2.24) is 19.9 Å². The summed E-state index contributed by atoms with van der Waals surface area (Å²) in [6.45, 7) is 7.52. The predicted molar refractivity (Wildman–Crippen MR) is 107 cm³/mol. The van der Waals surface area contributed by atoms with E-state index >= 15 is 0 Å². The summed E-state index contributed by atoms with van der Waals surface area (Å²) in [5, 5.41) is 3.05. The monoisotopic (exact) mass is 388 g/mol. The SMILES string of the molecule is CCCn1c(=O)[nH]c(=O)c2c(C(=O)NCCC3CCCO3)cc(C(C)C)nc21. The van der Waals surface area contributed by atoms with E-state index in [1.807, 2.05) is 20.8 Å². The van der Waals surface area contributed by atoms with Crippen LogP contribution in [0.25, 0.3) is 11.0 Å². The molecule has 1 aliphatic heterocycles. The van der Waals surface area contributed by atoms with Gasteiger partial charge in [0, 0.05) is 25.4 Å². The second kappa shape index (κ2) is 8.68. The summed E-state index contributed by atoms with van der Waals surface area (Å²) in [5.74, 6) is -0.285. The standard InChI is InChI=1S/C20H28N4O4/c1-4-9-24-17-16(19(26)23-20(24)27)14(11-15(22-17)12(2)3)18(25)21-8-7-13-6-5-10-28-13/h11-13H,4-10H2,1-3H3,(H,21,25)(H,23,26,27). The Labute approximate surface area is 163 Å². The Morgan fingerprint density at radius 1 is 1.43 bits per heavy atom. The summed E-state index contributed by atoms with van der Waals surface area (Å²) >= 11 is 0. The molecule has 8 heteroatoms. The van der Waals surface area contributed by atoms with Crippen LogP contribution in [0.5, 0.6) is 0 Å². The van der Waals surface area contributed by atoms with Crippen molar-refractivity contribution < 1.29 is 9.53 Å². The number of amides is 1. The van der Waals surface area contributed by atoms with Crippen molar-refractivity contribution >= 4 is 16.9 Å². The van der Waals surface area contributed by atoms with Gasteiger partial charge < -0.3 is 10.1 Å². The largest absolute Gasteiger partial charge is 0.378 e. The second-order valence-corrected chi connectivity index (χ2v) is 7.54. The summed E-state index contributed by atoms with van der Waals surface area (Å²) < 4.78 is 7.02. The van der Waals surface area contributed by atoms with E-state index in [1.165, 1.54) is 4.57 Å². The zero-order chi connectivity index (χ0) is 20.3. The topological polar surface area (TPSA) is 106 Å². The third-order valence-corrected chi connectivity index (χ3v) is 5.03. The molecule has 0 bridgehead atoms. The summed E-state index contributed by atoms with van der Waals surface area (Å²) in [7, 11) is 0. The van der Waals surface area contributed by atoms with Gasteiger partial charge in [0.2, 0.25) is 0 Å². The number of aromatic nitrogens is 3. The first-order valence-corrected chi connectivity index (χ1v) is 10.00. The van der Waals surface area contributed by atoms with Crippen LogP contribution < -0.4 is 16.6 Å². The van der Waals surface area contributed by atoms with E-state index in [0.717, 1.165) is 25.9 Å². The fourth-order valence-electron chi connectivity index (χ4n) is 3.51. The van der Waals surface area contributed by atoms with Crippen LogP contribution in [0.15, 0.2) is 15.7 Å². The minimum Gasteiger partial charge on any atom is -0.378 e. The van der Waals surface area contributed by atoms with Crippen LogP contribution in [0.1, 0.15) is 68.4 Å². The number of carbonyl (C=O) groups excluding carboxylic acids is 1. The Kier molecular flexibility index (Phi) is 6.28. The first-order valence-electron chi connectivity index (χ1n) is 10.00. The van der Waals surface area contributed by atoms with Gasteiger partial charge in [-0.15, -0.1) is 0 Å². The maximum Gasteiger partial charge on any atom is 0.329 e. The molecule has 8 nitrogen and oxygen atoms in total. The van der Waals surface area contributed by atoms with Gasteiger partial charge in [-0.1, -0.05) is 20.8 Å². The van der Waals surface area contributed by atoms with Gasteiger partial charge in [0.15, 0.2) is 5.65 Å². The number of hydrogen-bond acceptors (Lipinski definition) is 5. The van der Waals surface area contributed by atoms with Crippen molar-refractivity contribution in [2.75, 3.05) is 13.2 Å². The first-order chi connectivity index (χ1) is 13.4. The van der Waals surface area contributed by atoms with E-state index in [-0.39, 0.29) is 34.5 Å². The molecular weight excluding hydrogens is 360 g/mol. The maximum absolute atomic E-state index is 12.9. The third-order valence-electron chi connectivity index (χ3n) is 5.03.